The van der Waals surface area contributed by atoms with E-state index in [0.717, 1.165) is 22.9 Å². The number of aromatic nitrogens is 4. The molecule has 21 heavy (non-hydrogen) atoms. The van der Waals surface area contributed by atoms with Crippen molar-refractivity contribution in [2.75, 3.05) is 39.3 Å². The van der Waals surface area contributed by atoms with E-state index < -0.39 is 0 Å². The molecule has 1 N–H and O–H groups in total. The Kier molecular flexibility index (Phi) is 5.65. The zero-order valence-corrected chi connectivity index (χ0v) is 12.7. The second-order valence-corrected chi connectivity index (χ2v) is 4.56. The maximum atomic E-state index is 5.46. The van der Waals surface area contributed by atoms with Gasteiger partial charge in [0.05, 0.1) is 31.7 Å². The molecule has 2 aromatic heterocycles. The summed E-state index contributed by atoms with van der Waals surface area (Å²) in [6, 6.07) is 1.91. The molecule has 0 fully saturated rings. The van der Waals surface area contributed by atoms with Gasteiger partial charge in [-0.2, -0.15) is 5.10 Å². The third-order valence-corrected chi connectivity index (χ3v) is 2.93. The number of hydrogen-bond donors (Lipinski definition) is 1. The van der Waals surface area contributed by atoms with Gasteiger partial charge in [0.15, 0.2) is 0 Å². The first-order chi connectivity index (χ1) is 10.2. The Balaban J connectivity index is 2.07. The predicted octanol–water partition coefficient (Wildman–Crippen LogP) is 1.12. The van der Waals surface area contributed by atoms with E-state index in [1.165, 1.54) is 0 Å². The quantitative estimate of drug-likeness (QED) is 0.735. The zero-order chi connectivity index (χ0) is 15.1. The maximum Gasteiger partial charge on any atom is 0.133 e. The summed E-state index contributed by atoms with van der Waals surface area (Å²) in [7, 11) is 5.38. The van der Waals surface area contributed by atoms with E-state index in [1.54, 1.807) is 18.0 Å². The number of nitrogens with one attached hydrogen (secondary N) is 1. The summed E-state index contributed by atoms with van der Waals surface area (Å²) >= 11 is 0. The fourth-order valence-electron chi connectivity index (χ4n) is 1.85. The van der Waals surface area contributed by atoms with Crippen LogP contribution >= 0.6 is 0 Å². The van der Waals surface area contributed by atoms with Crippen LogP contribution in [0.15, 0.2) is 18.5 Å². The summed E-state index contributed by atoms with van der Waals surface area (Å²) in [6.45, 7) is 1.75. The SMILES string of the molecule is CNc1cc(-c2cnn(C)c2)nc(CCOCCOC)n1. The van der Waals surface area contributed by atoms with Gasteiger partial charge in [0.2, 0.25) is 0 Å². The topological polar surface area (TPSA) is 74.1 Å². The Morgan fingerprint density at radius 2 is 2.10 bits per heavy atom. The monoisotopic (exact) mass is 291 g/mol. The molecular weight excluding hydrogens is 270 g/mol. The molecular formula is C14H21N5O2. The van der Waals surface area contributed by atoms with Crippen molar-refractivity contribution in [1.29, 1.82) is 0 Å². The highest BCUT2D eigenvalue weighted by atomic mass is 16.5. The van der Waals surface area contributed by atoms with Crippen LogP contribution in [0.4, 0.5) is 5.82 Å². The van der Waals surface area contributed by atoms with Crippen LogP contribution in [-0.4, -0.2) is 53.7 Å². The maximum absolute atomic E-state index is 5.46. The van der Waals surface area contributed by atoms with Crippen molar-refractivity contribution >= 4 is 5.82 Å². The van der Waals surface area contributed by atoms with Crippen LogP contribution in [-0.2, 0) is 22.9 Å². The van der Waals surface area contributed by atoms with E-state index in [1.807, 2.05) is 26.4 Å². The number of ether oxygens (including phenoxy) is 2. The van der Waals surface area contributed by atoms with Crippen LogP contribution in [0.25, 0.3) is 11.3 Å². The van der Waals surface area contributed by atoms with Crippen molar-refractivity contribution in [3.05, 3.63) is 24.3 Å². The Labute approximate surface area is 124 Å². The number of anilines is 1. The molecule has 7 nitrogen and oxygen atoms in total. The minimum Gasteiger partial charge on any atom is -0.382 e. The highest BCUT2D eigenvalue weighted by molar-refractivity contribution is 5.60. The normalized spacial score (nSPS) is 10.8. The van der Waals surface area contributed by atoms with Crippen molar-refractivity contribution in [3.63, 3.8) is 0 Å². The second kappa shape index (κ2) is 7.70. The van der Waals surface area contributed by atoms with Crippen LogP contribution in [0.1, 0.15) is 5.82 Å². The number of aryl methyl sites for hydroxylation is 1. The van der Waals surface area contributed by atoms with E-state index in [9.17, 15) is 0 Å². The second-order valence-electron chi connectivity index (χ2n) is 4.56. The molecule has 0 saturated carbocycles. The molecule has 0 aliphatic heterocycles. The molecule has 0 radical (unpaired) electrons. The van der Waals surface area contributed by atoms with Gasteiger partial charge >= 0.3 is 0 Å². The fourth-order valence-corrected chi connectivity index (χ4v) is 1.85. The van der Waals surface area contributed by atoms with Gasteiger partial charge in [0, 0.05) is 45.5 Å². The van der Waals surface area contributed by atoms with Crippen LogP contribution in [0.5, 0.6) is 0 Å². The Hall–Kier alpha value is -1.99. The molecule has 0 bridgehead atoms. The molecule has 0 spiro atoms. The zero-order valence-electron chi connectivity index (χ0n) is 12.7. The van der Waals surface area contributed by atoms with E-state index in [4.69, 9.17) is 9.47 Å². The summed E-state index contributed by atoms with van der Waals surface area (Å²) in [6.07, 6.45) is 4.38. The molecule has 0 saturated heterocycles. The number of nitrogens with zero attached hydrogens (tertiary/aromatic N) is 4. The summed E-state index contributed by atoms with van der Waals surface area (Å²) in [5, 5.41) is 7.23. The van der Waals surface area contributed by atoms with E-state index in [0.29, 0.717) is 26.2 Å². The van der Waals surface area contributed by atoms with Gasteiger partial charge in [-0.05, 0) is 0 Å². The summed E-state index contributed by atoms with van der Waals surface area (Å²) in [5.74, 6) is 1.54. The highest BCUT2D eigenvalue weighted by Crippen LogP contribution is 2.19. The van der Waals surface area contributed by atoms with Crippen LogP contribution in [0.3, 0.4) is 0 Å². The molecule has 114 valence electrons. The molecule has 2 heterocycles. The lowest BCUT2D eigenvalue weighted by molar-refractivity contribution is 0.0716. The molecule has 7 heteroatoms. The number of rotatable bonds is 8. The average molecular weight is 291 g/mol. The van der Waals surface area contributed by atoms with Gasteiger partial charge in [-0.15, -0.1) is 0 Å². The molecule has 0 aromatic carbocycles. The van der Waals surface area contributed by atoms with E-state index in [2.05, 4.69) is 20.4 Å². The van der Waals surface area contributed by atoms with Gasteiger partial charge in [-0.3, -0.25) is 4.68 Å². The lowest BCUT2D eigenvalue weighted by Gasteiger charge is -2.07. The Morgan fingerprint density at radius 3 is 2.76 bits per heavy atom. The van der Waals surface area contributed by atoms with Crippen molar-refractivity contribution in [2.45, 2.75) is 6.42 Å². The minimum absolute atomic E-state index is 0.572. The van der Waals surface area contributed by atoms with Gasteiger partial charge < -0.3 is 14.8 Å². The van der Waals surface area contributed by atoms with E-state index >= 15 is 0 Å². The Morgan fingerprint density at radius 1 is 1.24 bits per heavy atom. The molecule has 0 amide bonds. The van der Waals surface area contributed by atoms with Crippen molar-refractivity contribution < 1.29 is 9.47 Å². The lowest BCUT2D eigenvalue weighted by atomic mass is 10.2. The Bertz CT molecular complexity index is 570. The standard InChI is InChI=1S/C14H21N5O2/c1-15-14-8-12(11-9-16-19(2)10-11)17-13(18-14)4-5-21-7-6-20-3/h8-10H,4-7H2,1-3H3,(H,15,17,18). The smallest absolute Gasteiger partial charge is 0.133 e. The summed E-state index contributed by atoms with van der Waals surface area (Å²) in [5.41, 5.74) is 1.83. The predicted molar refractivity (Wildman–Crippen MR) is 80.2 cm³/mol. The molecule has 0 unspecified atom stereocenters. The molecule has 2 rings (SSSR count). The van der Waals surface area contributed by atoms with Crippen LogP contribution in [0, 0.1) is 0 Å². The number of hydrogen-bond acceptors (Lipinski definition) is 6. The molecule has 2 aromatic rings. The summed E-state index contributed by atoms with van der Waals surface area (Å²) in [4.78, 5) is 9.01. The van der Waals surface area contributed by atoms with Crippen LogP contribution < -0.4 is 5.32 Å². The highest BCUT2D eigenvalue weighted by Gasteiger charge is 2.08. The summed E-state index contributed by atoms with van der Waals surface area (Å²) < 4.78 is 12.1. The fraction of sp³-hybridized carbons (Fsp3) is 0.500. The molecule has 0 aliphatic carbocycles. The first-order valence-corrected chi connectivity index (χ1v) is 6.84. The first kappa shape index (κ1) is 15.4. The van der Waals surface area contributed by atoms with E-state index in [-0.39, 0.29) is 0 Å². The third-order valence-electron chi connectivity index (χ3n) is 2.93. The van der Waals surface area contributed by atoms with Crippen LogP contribution in [0.2, 0.25) is 0 Å². The average Bonchev–Trinajstić information content (AvgIpc) is 2.93. The van der Waals surface area contributed by atoms with Gasteiger partial charge in [0.25, 0.3) is 0 Å². The van der Waals surface area contributed by atoms with Gasteiger partial charge in [-0.1, -0.05) is 0 Å². The third kappa shape index (κ3) is 4.51. The minimum atomic E-state index is 0.572. The lowest BCUT2D eigenvalue weighted by Crippen LogP contribution is -2.08. The first-order valence-electron chi connectivity index (χ1n) is 6.84. The number of methoxy groups -OCH3 is 1. The van der Waals surface area contributed by atoms with Gasteiger partial charge in [-0.25, -0.2) is 9.97 Å². The largest absolute Gasteiger partial charge is 0.382 e. The van der Waals surface area contributed by atoms with Gasteiger partial charge in [0.1, 0.15) is 11.6 Å². The van der Waals surface area contributed by atoms with Crippen molar-refractivity contribution in [3.8, 4) is 11.3 Å². The molecule has 0 aliphatic rings. The molecule has 0 atom stereocenters. The van der Waals surface area contributed by atoms with Crippen molar-refractivity contribution in [1.82, 2.24) is 19.7 Å². The van der Waals surface area contributed by atoms with Crippen molar-refractivity contribution in [2.24, 2.45) is 7.05 Å².